The minimum absolute atomic E-state index is 0.554. The van der Waals surface area contributed by atoms with Crippen LogP contribution in [0.3, 0.4) is 0 Å². The van der Waals surface area contributed by atoms with Crippen molar-refractivity contribution in [2.24, 2.45) is 0 Å². The fourth-order valence-corrected chi connectivity index (χ4v) is 2.56. The monoisotopic (exact) mass is 154 g/mol. The summed E-state index contributed by atoms with van der Waals surface area (Å²) in [5, 5.41) is 3.51. The molecule has 2 fully saturated rings. The van der Waals surface area contributed by atoms with Gasteiger partial charge in [-0.25, -0.2) is 0 Å². The number of likely N-dealkylation sites (tertiary alicyclic amines) is 1. The van der Waals surface area contributed by atoms with Crippen LogP contribution >= 0.6 is 0 Å². The zero-order valence-electron chi connectivity index (χ0n) is 7.40. The summed E-state index contributed by atoms with van der Waals surface area (Å²) in [5.41, 5.74) is 0.554. The lowest BCUT2D eigenvalue weighted by Crippen LogP contribution is -2.52. The molecule has 2 nitrogen and oxygen atoms in total. The van der Waals surface area contributed by atoms with E-state index < -0.39 is 0 Å². The molecule has 2 heterocycles. The highest BCUT2D eigenvalue weighted by atomic mass is 15.2. The lowest BCUT2D eigenvalue weighted by molar-refractivity contribution is 0.134. The van der Waals surface area contributed by atoms with Crippen LogP contribution in [0.1, 0.15) is 25.7 Å². The highest BCUT2D eigenvalue weighted by Gasteiger charge is 2.38. The van der Waals surface area contributed by atoms with E-state index in [1.165, 1.54) is 45.3 Å². The second kappa shape index (κ2) is 2.76. The molecule has 0 bridgehead atoms. The molecule has 2 rings (SSSR count). The van der Waals surface area contributed by atoms with Crippen molar-refractivity contribution in [3.8, 4) is 0 Å². The zero-order valence-corrected chi connectivity index (χ0v) is 7.40. The Balaban J connectivity index is 2.06. The molecule has 0 aliphatic carbocycles. The molecule has 2 saturated heterocycles. The molecule has 2 aliphatic heterocycles. The minimum atomic E-state index is 0.554. The highest BCUT2D eigenvalue weighted by molar-refractivity contribution is 4.97. The normalized spacial score (nSPS) is 40.1. The Hall–Kier alpha value is -0.0800. The first-order valence-corrected chi connectivity index (χ1v) is 4.75. The molecule has 0 amide bonds. The predicted molar refractivity (Wildman–Crippen MR) is 46.7 cm³/mol. The third-order valence-corrected chi connectivity index (χ3v) is 3.40. The van der Waals surface area contributed by atoms with Gasteiger partial charge in [0.2, 0.25) is 0 Å². The highest BCUT2D eigenvalue weighted by Crippen LogP contribution is 2.32. The third kappa shape index (κ3) is 1.18. The summed E-state index contributed by atoms with van der Waals surface area (Å²) in [6.45, 7) is 3.76. The number of piperidine rings is 1. The van der Waals surface area contributed by atoms with Crippen molar-refractivity contribution in [1.82, 2.24) is 10.2 Å². The van der Waals surface area contributed by atoms with Crippen LogP contribution in [0.5, 0.6) is 0 Å². The second-order valence-corrected chi connectivity index (χ2v) is 4.03. The van der Waals surface area contributed by atoms with Crippen LogP contribution in [0.25, 0.3) is 0 Å². The van der Waals surface area contributed by atoms with Crippen LogP contribution in [0, 0.1) is 0 Å². The van der Waals surface area contributed by atoms with Gasteiger partial charge in [0.15, 0.2) is 0 Å². The van der Waals surface area contributed by atoms with Gasteiger partial charge in [0.25, 0.3) is 0 Å². The predicted octanol–water partition coefficient (Wildman–Crippen LogP) is 0.834. The molecule has 11 heavy (non-hydrogen) atoms. The molecule has 64 valence electrons. The fourth-order valence-electron chi connectivity index (χ4n) is 2.56. The Bertz CT molecular complexity index is 138. The first-order chi connectivity index (χ1) is 5.33. The van der Waals surface area contributed by atoms with Crippen LogP contribution in [-0.2, 0) is 0 Å². The van der Waals surface area contributed by atoms with Gasteiger partial charge in [-0.15, -0.1) is 0 Å². The number of rotatable bonds is 0. The van der Waals surface area contributed by atoms with Crippen molar-refractivity contribution in [3.63, 3.8) is 0 Å². The van der Waals surface area contributed by atoms with E-state index in [2.05, 4.69) is 17.3 Å². The Kier molecular flexibility index (Phi) is 1.90. The molecule has 0 radical (unpaired) electrons. The molecule has 0 aromatic rings. The van der Waals surface area contributed by atoms with Crippen LogP contribution in [0.15, 0.2) is 0 Å². The number of nitrogens with one attached hydrogen (secondary N) is 1. The van der Waals surface area contributed by atoms with Gasteiger partial charge in [0.1, 0.15) is 0 Å². The number of nitrogens with zero attached hydrogens (tertiary/aromatic N) is 1. The van der Waals surface area contributed by atoms with Crippen LogP contribution in [-0.4, -0.2) is 37.1 Å². The maximum atomic E-state index is 3.51. The van der Waals surface area contributed by atoms with Crippen LogP contribution in [0.2, 0.25) is 0 Å². The lowest BCUT2D eigenvalue weighted by Gasteiger charge is -2.39. The topological polar surface area (TPSA) is 15.3 Å². The third-order valence-electron chi connectivity index (χ3n) is 3.40. The van der Waals surface area contributed by atoms with Gasteiger partial charge < -0.3 is 5.32 Å². The Morgan fingerprint density at radius 1 is 1.27 bits per heavy atom. The summed E-state index contributed by atoms with van der Waals surface area (Å²) in [5.74, 6) is 0. The van der Waals surface area contributed by atoms with Crippen molar-refractivity contribution >= 4 is 0 Å². The summed E-state index contributed by atoms with van der Waals surface area (Å²) < 4.78 is 0. The van der Waals surface area contributed by atoms with Gasteiger partial charge in [-0.1, -0.05) is 0 Å². The van der Waals surface area contributed by atoms with Gasteiger partial charge in [0, 0.05) is 12.1 Å². The summed E-state index contributed by atoms with van der Waals surface area (Å²) in [6.07, 6.45) is 5.59. The summed E-state index contributed by atoms with van der Waals surface area (Å²) >= 11 is 0. The van der Waals surface area contributed by atoms with Crippen molar-refractivity contribution < 1.29 is 0 Å². The summed E-state index contributed by atoms with van der Waals surface area (Å²) in [7, 11) is 2.28. The Morgan fingerprint density at radius 2 is 2.09 bits per heavy atom. The van der Waals surface area contributed by atoms with Gasteiger partial charge in [0.05, 0.1) is 0 Å². The second-order valence-electron chi connectivity index (χ2n) is 4.03. The molecular formula is C9H18N2. The van der Waals surface area contributed by atoms with Crippen molar-refractivity contribution in [2.75, 3.05) is 26.7 Å². The van der Waals surface area contributed by atoms with Gasteiger partial charge >= 0.3 is 0 Å². The molecule has 2 aliphatic rings. The molecule has 0 aromatic carbocycles. The van der Waals surface area contributed by atoms with Gasteiger partial charge in [-0.05, 0) is 45.8 Å². The largest absolute Gasteiger partial charge is 0.315 e. The van der Waals surface area contributed by atoms with E-state index in [0.717, 1.165) is 0 Å². The average molecular weight is 154 g/mol. The standard InChI is InChI=1S/C9H18N2/c1-11-7-3-5-9(11)4-2-6-10-8-9/h10H,2-8H2,1H3/t9-/m1/s1. The van der Waals surface area contributed by atoms with E-state index in [9.17, 15) is 0 Å². The average Bonchev–Trinajstić information content (AvgIpc) is 2.36. The van der Waals surface area contributed by atoms with Gasteiger partial charge in [-0.3, -0.25) is 4.90 Å². The smallest absolute Gasteiger partial charge is 0.0331 e. The molecule has 1 spiro atoms. The number of hydrogen-bond acceptors (Lipinski definition) is 2. The molecule has 1 atom stereocenters. The lowest BCUT2D eigenvalue weighted by atomic mass is 9.88. The molecule has 0 unspecified atom stereocenters. The Labute approximate surface area is 69.0 Å². The SMILES string of the molecule is CN1CCC[C@@]12CCCNC2. The van der Waals surface area contributed by atoms with E-state index in [1.807, 2.05) is 0 Å². The van der Waals surface area contributed by atoms with E-state index in [-0.39, 0.29) is 0 Å². The fraction of sp³-hybridized carbons (Fsp3) is 1.00. The minimum Gasteiger partial charge on any atom is -0.315 e. The molecular weight excluding hydrogens is 136 g/mol. The van der Waals surface area contributed by atoms with E-state index in [1.54, 1.807) is 0 Å². The quantitative estimate of drug-likeness (QED) is 0.556. The molecule has 1 N–H and O–H groups in total. The van der Waals surface area contributed by atoms with Crippen molar-refractivity contribution in [1.29, 1.82) is 0 Å². The van der Waals surface area contributed by atoms with Crippen LogP contribution in [0.4, 0.5) is 0 Å². The van der Waals surface area contributed by atoms with Gasteiger partial charge in [-0.2, -0.15) is 0 Å². The number of likely N-dealkylation sites (N-methyl/N-ethyl adjacent to an activating group) is 1. The van der Waals surface area contributed by atoms with Crippen LogP contribution < -0.4 is 5.32 Å². The summed E-state index contributed by atoms with van der Waals surface area (Å²) in [4.78, 5) is 2.55. The maximum absolute atomic E-state index is 3.51. The number of hydrogen-bond donors (Lipinski definition) is 1. The Morgan fingerprint density at radius 3 is 2.64 bits per heavy atom. The van der Waals surface area contributed by atoms with E-state index >= 15 is 0 Å². The molecule has 0 aromatic heterocycles. The maximum Gasteiger partial charge on any atom is 0.0331 e. The first-order valence-electron chi connectivity index (χ1n) is 4.75. The van der Waals surface area contributed by atoms with E-state index in [0.29, 0.717) is 5.54 Å². The molecule has 2 heteroatoms. The summed E-state index contributed by atoms with van der Waals surface area (Å²) in [6, 6.07) is 0. The van der Waals surface area contributed by atoms with Crippen molar-refractivity contribution in [3.05, 3.63) is 0 Å². The van der Waals surface area contributed by atoms with Crippen molar-refractivity contribution in [2.45, 2.75) is 31.2 Å². The molecule has 0 saturated carbocycles. The first kappa shape index (κ1) is 7.56. The van der Waals surface area contributed by atoms with E-state index in [4.69, 9.17) is 0 Å². The zero-order chi connectivity index (χ0) is 7.73.